The van der Waals surface area contributed by atoms with Gasteiger partial charge in [-0.1, -0.05) is 173 Å². The average molecular weight is 735 g/mol. The van der Waals surface area contributed by atoms with E-state index in [1.54, 1.807) is 0 Å². The Morgan fingerprint density at radius 1 is 0.439 bits per heavy atom. The fourth-order valence-electron chi connectivity index (χ4n) is 9.26. The van der Waals surface area contributed by atoms with Crippen molar-refractivity contribution in [2.45, 2.75) is 45.6 Å². The second-order valence-electron chi connectivity index (χ2n) is 16.4. The number of benzene rings is 9. The highest BCUT2D eigenvalue weighted by molar-refractivity contribution is 6.25. The average Bonchev–Trinajstić information content (AvgIpc) is 3.26. The zero-order valence-electron chi connectivity index (χ0n) is 33.1. The summed E-state index contributed by atoms with van der Waals surface area (Å²) in [6.07, 6.45) is 0.966. The molecule has 2 nitrogen and oxygen atoms in total. The molecule has 9 aromatic rings. The molecular weight excluding hydrogens is 689 g/mol. The van der Waals surface area contributed by atoms with Crippen molar-refractivity contribution < 1.29 is 0 Å². The Balaban J connectivity index is 1.23. The summed E-state index contributed by atoms with van der Waals surface area (Å²) >= 11 is 0. The molecule has 10 rings (SSSR count). The lowest BCUT2D eigenvalue weighted by atomic mass is 9.85. The zero-order valence-corrected chi connectivity index (χ0v) is 33.1. The fraction of sp³-hybridized carbons (Fsp3) is 0.127. The van der Waals surface area contributed by atoms with Crippen LogP contribution in [0, 0.1) is 0 Å². The SMILES string of the molecule is CCC1c2ccccc2-c2ccc(N(c3ccc(C(C)(C)C)cc3)c3ccc4c5ccccc5c5ccccc5c4c3)cc2N1c1ccccc1-c1ccccc1. The molecule has 1 unspecified atom stereocenters. The zero-order chi connectivity index (χ0) is 38.7. The number of rotatable bonds is 6. The van der Waals surface area contributed by atoms with E-state index in [9.17, 15) is 0 Å². The summed E-state index contributed by atoms with van der Waals surface area (Å²) in [5.41, 5.74) is 13.6. The lowest BCUT2D eigenvalue weighted by molar-refractivity contribution is 0.590. The molecule has 57 heavy (non-hydrogen) atoms. The van der Waals surface area contributed by atoms with Gasteiger partial charge in [-0.3, -0.25) is 0 Å². The number of anilines is 5. The van der Waals surface area contributed by atoms with Gasteiger partial charge in [0.2, 0.25) is 0 Å². The van der Waals surface area contributed by atoms with Crippen LogP contribution in [-0.4, -0.2) is 0 Å². The maximum absolute atomic E-state index is 2.62. The standard InChI is InChI=1S/C55H46N2/c1-5-52-49-25-14-13-24-47(49)50-34-32-41(36-54(50)57(52)53-26-16-15-19-42(53)37-17-7-6-8-18-37)56(39-29-27-38(28-30-39)55(2,3)4)40-31-33-48-45-22-10-9-20-43(45)44-21-11-12-23-46(44)51(48)35-40/h6-36,52H,5H2,1-4H3. The predicted octanol–water partition coefficient (Wildman–Crippen LogP) is 15.9. The molecule has 0 saturated carbocycles. The normalized spacial score (nSPS) is 13.8. The number of para-hydroxylation sites is 1. The Labute approximate surface area is 336 Å². The van der Waals surface area contributed by atoms with E-state index in [2.05, 4.69) is 226 Å². The predicted molar refractivity (Wildman–Crippen MR) is 245 cm³/mol. The van der Waals surface area contributed by atoms with Gasteiger partial charge in [0, 0.05) is 33.9 Å². The molecule has 1 aliphatic heterocycles. The molecule has 1 heterocycles. The molecule has 276 valence electrons. The molecule has 0 amide bonds. The monoisotopic (exact) mass is 734 g/mol. The lowest BCUT2D eigenvalue weighted by Gasteiger charge is -2.41. The Bertz CT molecular complexity index is 2900. The fourth-order valence-corrected chi connectivity index (χ4v) is 9.26. The minimum Gasteiger partial charge on any atom is -0.333 e. The molecule has 9 aromatic carbocycles. The van der Waals surface area contributed by atoms with Gasteiger partial charge >= 0.3 is 0 Å². The summed E-state index contributed by atoms with van der Waals surface area (Å²) in [5, 5.41) is 7.66. The second kappa shape index (κ2) is 13.8. The van der Waals surface area contributed by atoms with Crippen LogP contribution < -0.4 is 9.80 Å². The van der Waals surface area contributed by atoms with Crippen LogP contribution in [-0.2, 0) is 5.41 Å². The first kappa shape index (κ1) is 34.8. The highest BCUT2D eigenvalue weighted by atomic mass is 15.2. The van der Waals surface area contributed by atoms with Crippen LogP contribution in [0.4, 0.5) is 28.4 Å². The first-order valence-corrected chi connectivity index (χ1v) is 20.3. The van der Waals surface area contributed by atoms with Gasteiger partial charge in [0.05, 0.1) is 11.7 Å². The molecule has 0 bridgehead atoms. The highest BCUT2D eigenvalue weighted by Gasteiger charge is 2.33. The highest BCUT2D eigenvalue weighted by Crippen LogP contribution is 2.53. The van der Waals surface area contributed by atoms with Crippen LogP contribution in [0.2, 0.25) is 0 Å². The third-order valence-corrected chi connectivity index (χ3v) is 12.0. The first-order valence-electron chi connectivity index (χ1n) is 20.3. The van der Waals surface area contributed by atoms with Gasteiger partial charge in [-0.05, 0) is 109 Å². The van der Waals surface area contributed by atoms with Crippen molar-refractivity contribution in [3.63, 3.8) is 0 Å². The molecule has 0 saturated heterocycles. The summed E-state index contributed by atoms with van der Waals surface area (Å²) in [6, 6.07) is 70.0. The van der Waals surface area contributed by atoms with E-state index in [1.807, 2.05) is 0 Å². The van der Waals surface area contributed by atoms with E-state index < -0.39 is 0 Å². The smallest absolute Gasteiger partial charge is 0.0595 e. The Morgan fingerprint density at radius 2 is 0.965 bits per heavy atom. The third kappa shape index (κ3) is 5.87. The molecule has 0 spiro atoms. The van der Waals surface area contributed by atoms with Crippen LogP contribution in [0.15, 0.2) is 188 Å². The molecule has 2 heteroatoms. The Hall–Kier alpha value is -6.64. The number of fused-ring (bicyclic) bond motifs is 9. The van der Waals surface area contributed by atoms with E-state index in [0.717, 1.165) is 23.5 Å². The molecule has 0 N–H and O–H groups in total. The molecule has 0 aromatic heterocycles. The van der Waals surface area contributed by atoms with Crippen LogP contribution in [0.25, 0.3) is 54.6 Å². The van der Waals surface area contributed by atoms with E-state index in [1.165, 1.54) is 77.1 Å². The summed E-state index contributed by atoms with van der Waals surface area (Å²) in [4.78, 5) is 5.07. The summed E-state index contributed by atoms with van der Waals surface area (Å²) in [5.74, 6) is 0. The van der Waals surface area contributed by atoms with Crippen molar-refractivity contribution in [1.29, 1.82) is 0 Å². The Morgan fingerprint density at radius 3 is 1.63 bits per heavy atom. The quantitative estimate of drug-likeness (QED) is 0.157. The summed E-state index contributed by atoms with van der Waals surface area (Å²) in [7, 11) is 0. The summed E-state index contributed by atoms with van der Waals surface area (Å²) < 4.78 is 0. The van der Waals surface area contributed by atoms with E-state index in [4.69, 9.17) is 0 Å². The van der Waals surface area contributed by atoms with Crippen molar-refractivity contribution in [3.05, 3.63) is 199 Å². The van der Waals surface area contributed by atoms with Crippen molar-refractivity contribution in [2.75, 3.05) is 9.80 Å². The van der Waals surface area contributed by atoms with Gasteiger partial charge in [0.15, 0.2) is 0 Å². The van der Waals surface area contributed by atoms with Gasteiger partial charge < -0.3 is 9.80 Å². The molecular formula is C55H46N2. The van der Waals surface area contributed by atoms with Gasteiger partial charge in [0.25, 0.3) is 0 Å². The van der Waals surface area contributed by atoms with Crippen LogP contribution in [0.5, 0.6) is 0 Å². The minimum atomic E-state index is 0.0489. The topological polar surface area (TPSA) is 6.48 Å². The van der Waals surface area contributed by atoms with Gasteiger partial charge in [-0.15, -0.1) is 0 Å². The van der Waals surface area contributed by atoms with Crippen LogP contribution >= 0.6 is 0 Å². The first-order chi connectivity index (χ1) is 27.9. The van der Waals surface area contributed by atoms with E-state index in [-0.39, 0.29) is 11.5 Å². The largest absolute Gasteiger partial charge is 0.333 e. The van der Waals surface area contributed by atoms with Gasteiger partial charge in [-0.25, -0.2) is 0 Å². The van der Waals surface area contributed by atoms with E-state index >= 15 is 0 Å². The third-order valence-electron chi connectivity index (χ3n) is 12.0. The maximum atomic E-state index is 2.62. The lowest BCUT2D eigenvalue weighted by Crippen LogP contribution is -2.28. The number of nitrogens with zero attached hydrogens (tertiary/aromatic N) is 2. The van der Waals surface area contributed by atoms with Crippen molar-refractivity contribution in [2.24, 2.45) is 0 Å². The van der Waals surface area contributed by atoms with Crippen molar-refractivity contribution >= 4 is 60.8 Å². The minimum absolute atomic E-state index is 0.0489. The van der Waals surface area contributed by atoms with Crippen molar-refractivity contribution in [1.82, 2.24) is 0 Å². The molecule has 0 radical (unpaired) electrons. The molecule has 1 atom stereocenters. The van der Waals surface area contributed by atoms with Gasteiger partial charge in [0.1, 0.15) is 0 Å². The van der Waals surface area contributed by atoms with Gasteiger partial charge in [-0.2, -0.15) is 0 Å². The van der Waals surface area contributed by atoms with E-state index in [0.29, 0.717) is 0 Å². The van der Waals surface area contributed by atoms with Crippen molar-refractivity contribution in [3.8, 4) is 22.3 Å². The number of hydrogen-bond donors (Lipinski definition) is 0. The number of hydrogen-bond acceptors (Lipinski definition) is 2. The van der Waals surface area contributed by atoms with Crippen LogP contribution in [0.1, 0.15) is 51.3 Å². The molecule has 0 aliphatic carbocycles. The Kier molecular flexibility index (Phi) is 8.45. The second-order valence-corrected chi connectivity index (χ2v) is 16.4. The molecule has 1 aliphatic rings. The molecule has 0 fully saturated rings. The maximum Gasteiger partial charge on any atom is 0.0595 e. The summed E-state index contributed by atoms with van der Waals surface area (Å²) in [6.45, 7) is 9.17. The van der Waals surface area contributed by atoms with Crippen LogP contribution in [0.3, 0.4) is 0 Å².